The number of hydrogen-bond donors (Lipinski definition) is 1. The van der Waals surface area contributed by atoms with E-state index in [0.717, 1.165) is 0 Å². The minimum atomic E-state index is -0.582. The van der Waals surface area contributed by atoms with E-state index in [9.17, 15) is 14.4 Å². The van der Waals surface area contributed by atoms with Gasteiger partial charge in [0, 0.05) is 19.6 Å². The maximum absolute atomic E-state index is 11.3. The van der Waals surface area contributed by atoms with Crippen molar-refractivity contribution in [2.75, 3.05) is 33.9 Å². The molecule has 21 heavy (non-hydrogen) atoms. The third-order valence-corrected chi connectivity index (χ3v) is 2.53. The summed E-state index contributed by atoms with van der Waals surface area (Å²) in [7, 11) is 2.59. The van der Waals surface area contributed by atoms with E-state index in [4.69, 9.17) is 0 Å². The highest BCUT2D eigenvalue weighted by molar-refractivity contribution is 5.81. The van der Waals surface area contributed by atoms with Gasteiger partial charge in [-0.25, -0.2) is 9.59 Å². The Morgan fingerprint density at radius 2 is 1.86 bits per heavy atom. The Bertz CT molecular complexity index is 329. The molecule has 1 heterocycles. The molecule has 0 aliphatic carbocycles. The first-order valence-corrected chi connectivity index (χ1v) is 6.51. The van der Waals surface area contributed by atoms with E-state index in [1.807, 2.05) is 20.8 Å². The molecule has 1 atom stereocenters. The molecule has 8 heteroatoms. The second-order valence-electron chi connectivity index (χ2n) is 5.23. The van der Waals surface area contributed by atoms with E-state index in [1.165, 1.54) is 19.1 Å². The van der Waals surface area contributed by atoms with Crippen molar-refractivity contribution in [3.05, 3.63) is 0 Å². The number of carbonyl (C=O) groups is 3. The van der Waals surface area contributed by atoms with Crippen LogP contribution in [0.15, 0.2) is 0 Å². The number of piperazine rings is 1. The van der Waals surface area contributed by atoms with Crippen LogP contribution in [-0.2, 0) is 23.8 Å². The minimum Gasteiger partial charge on any atom is -0.467 e. The highest BCUT2D eigenvalue weighted by atomic mass is 16.5. The van der Waals surface area contributed by atoms with Crippen LogP contribution in [0, 0.1) is 0 Å². The fourth-order valence-electron chi connectivity index (χ4n) is 1.53. The SMILES string of the molecule is CC(C)(C)OC=O.COC(=O)C1CNCCN1C(=O)OC. The third-order valence-electron chi connectivity index (χ3n) is 2.53. The van der Waals surface area contributed by atoms with Crippen LogP contribution < -0.4 is 5.32 Å². The maximum Gasteiger partial charge on any atom is 0.410 e. The lowest BCUT2D eigenvalue weighted by Crippen LogP contribution is -2.57. The lowest BCUT2D eigenvalue weighted by Gasteiger charge is -2.32. The molecule has 0 aromatic heterocycles. The van der Waals surface area contributed by atoms with E-state index >= 15 is 0 Å². The normalized spacial score (nSPS) is 18.0. The van der Waals surface area contributed by atoms with Gasteiger partial charge in [0.05, 0.1) is 14.2 Å². The number of nitrogens with zero attached hydrogens (tertiary/aromatic N) is 1. The number of ether oxygens (including phenoxy) is 3. The van der Waals surface area contributed by atoms with Gasteiger partial charge >= 0.3 is 12.1 Å². The minimum absolute atomic E-state index is 0.318. The number of methoxy groups -OCH3 is 2. The van der Waals surface area contributed by atoms with Crippen molar-refractivity contribution in [1.82, 2.24) is 10.2 Å². The van der Waals surface area contributed by atoms with Gasteiger partial charge in [0.2, 0.25) is 0 Å². The topological polar surface area (TPSA) is 94.2 Å². The number of carbonyl (C=O) groups excluding carboxylic acids is 3. The monoisotopic (exact) mass is 304 g/mol. The molecular weight excluding hydrogens is 280 g/mol. The van der Waals surface area contributed by atoms with Crippen LogP contribution in [0.4, 0.5) is 4.79 Å². The summed E-state index contributed by atoms with van der Waals surface area (Å²) >= 11 is 0. The molecule has 0 bridgehead atoms. The molecule has 1 rings (SSSR count). The molecule has 122 valence electrons. The Morgan fingerprint density at radius 3 is 2.24 bits per heavy atom. The Hall–Kier alpha value is -1.83. The lowest BCUT2D eigenvalue weighted by atomic mass is 10.2. The van der Waals surface area contributed by atoms with E-state index in [2.05, 4.69) is 19.5 Å². The zero-order chi connectivity index (χ0) is 16.5. The summed E-state index contributed by atoms with van der Waals surface area (Å²) in [6.45, 7) is 7.43. The molecule has 1 N–H and O–H groups in total. The first-order chi connectivity index (χ1) is 9.76. The predicted octanol–water partition coefficient (Wildman–Crippen LogP) is 0.158. The third kappa shape index (κ3) is 7.50. The van der Waals surface area contributed by atoms with Crippen molar-refractivity contribution in [2.24, 2.45) is 0 Å². The van der Waals surface area contributed by atoms with Crippen LogP contribution >= 0.6 is 0 Å². The van der Waals surface area contributed by atoms with Gasteiger partial charge in [-0.15, -0.1) is 0 Å². The van der Waals surface area contributed by atoms with Crippen LogP contribution in [-0.4, -0.2) is 68.9 Å². The Balaban J connectivity index is 0.000000486. The standard InChI is InChI=1S/C8H14N2O4.C5H10O2/c1-13-7(11)6-5-9-3-4-10(6)8(12)14-2;1-5(2,3)7-4-6/h6,9H,3-5H2,1-2H3;4H,1-3H3. The number of esters is 1. The molecule has 1 aliphatic heterocycles. The fraction of sp³-hybridized carbons (Fsp3) is 0.769. The number of amides is 1. The molecule has 0 radical (unpaired) electrons. The van der Waals surface area contributed by atoms with Crippen LogP contribution in [0.3, 0.4) is 0 Å². The zero-order valence-electron chi connectivity index (χ0n) is 13.2. The van der Waals surface area contributed by atoms with Crippen LogP contribution in [0.2, 0.25) is 0 Å². The molecule has 1 saturated heterocycles. The average molecular weight is 304 g/mol. The van der Waals surface area contributed by atoms with Crippen LogP contribution in [0.1, 0.15) is 20.8 Å². The van der Waals surface area contributed by atoms with Gasteiger partial charge in [0.15, 0.2) is 0 Å². The lowest BCUT2D eigenvalue weighted by molar-refractivity contribution is -0.146. The Labute approximate surface area is 124 Å². The molecule has 0 spiro atoms. The first kappa shape index (κ1) is 19.2. The van der Waals surface area contributed by atoms with Gasteiger partial charge < -0.3 is 19.5 Å². The first-order valence-electron chi connectivity index (χ1n) is 6.51. The summed E-state index contributed by atoms with van der Waals surface area (Å²) in [5.74, 6) is -0.428. The van der Waals surface area contributed by atoms with Crippen molar-refractivity contribution in [3.8, 4) is 0 Å². The van der Waals surface area contributed by atoms with Gasteiger partial charge in [0.1, 0.15) is 11.6 Å². The fourth-order valence-corrected chi connectivity index (χ4v) is 1.53. The summed E-state index contributed by atoms with van der Waals surface area (Å²) < 4.78 is 13.7. The van der Waals surface area contributed by atoms with Gasteiger partial charge in [-0.3, -0.25) is 9.69 Å². The highest BCUT2D eigenvalue weighted by Gasteiger charge is 2.33. The second-order valence-corrected chi connectivity index (χ2v) is 5.23. The van der Waals surface area contributed by atoms with E-state index in [1.54, 1.807) is 0 Å². The van der Waals surface area contributed by atoms with E-state index in [-0.39, 0.29) is 5.60 Å². The smallest absolute Gasteiger partial charge is 0.410 e. The largest absolute Gasteiger partial charge is 0.467 e. The van der Waals surface area contributed by atoms with E-state index in [0.29, 0.717) is 26.1 Å². The molecule has 1 unspecified atom stereocenters. The summed E-state index contributed by atoms with van der Waals surface area (Å²) in [4.78, 5) is 33.5. The molecule has 8 nitrogen and oxygen atoms in total. The van der Waals surface area contributed by atoms with Crippen LogP contribution in [0.25, 0.3) is 0 Å². The highest BCUT2D eigenvalue weighted by Crippen LogP contribution is 2.06. The van der Waals surface area contributed by atoms with Gasteiger partial charge in [-0.1, -0.05) is 0 Å². The molecule has 0 saturated carbocycles. The number of hydrogen-bond acceptors (Lipinski definition) is 7. The molecule has 0 aromatic carbocycles. The van der Waals surface area contributed by atoms with Gasteiger partial charge in [-0.05, 0) is 20.8 Å². The second kappa shape index (κ2) is 9.17. The molecular formula is C13H24N2O6. The summed E-state index contributed by atoms with van der Waals surface area (Å²) in [6.07, 6.45) is -0.498. The summed E-state index contributed by atoms with van der Waals surface area (Å²) in [6, 6.07) is -0.582. The summed E-state index contributed by atoms with van der Waals surface area (Å²) in [5, 5.41) is 3.01. The van der Waals surface area contributed by atoms with Crippen molar-refractivity contribution >= 4 is 18.5 Å². The molecule has 1 fully saturated rings. The molecule has 0 aromatic rings. The molecule has 1 aliphatic rings. The number of rotatable bonds is 2. The Morgan fingerprint density at radius 1 is 1.24 bits per heavy atom. The quantitative estimate of drug-likeness (QED) is 0.441. The Kier molecular flexibility index (Phi) is 8.37. The van der Waals surface area contributed by atoms with Crippen LogP contribution in [0.5, 0.6) is 0 Å². The maximum atomic E-state index is 11.3. The van der Waals surface area contributed by atoms with Crippen molar-refractivity contribution in [3.63, 3.8) is 0 Å². The van der Waals surface area contributed by atoms with E-state index < -0.39 is 18.1 Å². The van der Waals surface area contributed by atoms with Gasteiger partial charge in [0.25, 0.3) is 6.47 Å². The van der Waals surface area contributed by atoms with Crippen molar-refractivity contribution < 1.29 is 28.6 Å². The van der Waals surface area contributed by atoms with Crippen molar-refractivity contribution in [1.29, 1.82) is 0 Å². The number of nitrogens with one attached hydrogen (secondary N) is 1. The van der Waals surface area contributed by atoms with Gasteiger partial charge in [-0.2, -0.15) is 0 Å². The predicted molar refractivity (Wildman–Crippen MR) is 74.7 cm³/mol. The molecule has 1 amide bonds. The van der Waals surface area contributed by atoms with Crippen molar-refractivity contribution in [2.45, 2.75) is 32.4 Å². The average Bonchev–Trinajstić information content (AvgIpc) is 2.45. The summed E-state index contributed by atoms with van der Waals surface area (Å²) in [5.41, 5.74) is -0.318. The zero-order valence-corrected chi connectivity index (χ0v) is 13.2.